The summed E-state index contributed by atoms with van der Waals surface area (Å²) in [5, 5.41) is 7.35. The van der Waals surface area contributed by atoms with E-state index in [9.17, 15) is 13.2 Å². The molecule has 31 heavy (non-hydrogen) atoms. The highest BCUT2D eigenvalue weighted by atomic mass is 32.2. The monoisotopic (exact) mass is 436 g/mol. The minimum Gasteiger partial charge on any atom is -0.348 e. The number of nitrogens with one attached hydrogen (secondary N) is 2. The van der Waals surface area contributed by atoms with Gasteiger partial charge in [0.2, 0.25) is 10.0 Å². The first-order valence-corrected chi connectivity index (χ1v) is 11.4. The van der Waals surface area contributed by atoms with Crippen LogP contribution in [0, 0.1) is 6.92 Å². The zero-order valence-electron chi connectivity index (χ0n) is 16.9. The fourth-order valence-electron chi connectivity index (χ4n) is 3.28. The van der Waals surface area contributed by atoms with Crippen LogP contribution >= 0.6 is 0 Å². The Bertz CT molecular complexity index is 1370. The van der Waals surface area contributed by atoms with Crippen molar-refractivity contribution in [3.8, 4) is 11.3 Å². The number of aromatic nitrogens is 2. The molecule has 2 heterocycles. The van der Waals surface area contributed by atoms with Gasteiger partial charge in [-0.05, 0) is 24.6 Å². The zero-order chi connectivity index (χ0) is 22.0. The number of fused-ring (bicyclic) bond motifs is 1. The van der Waals surface area contributed by atoms with Crippen LogP contribution in [0.3, 0.4) is 0 Å². The number of aryl methyl sites for hydroxylation is 1. The Labute approximate surface area is 179 Å². The summed E-state index contributed by atoms with van der Waals surface area (Å²) < 4.78 is 31.0. The summed E-state index contributed by atoms with van der Waals surface area (Å²) in [5.74, 6) is -0.343. The predicted molar refractivity (Wildman–Crippen MR) is 118 cm³/mol. The van der Waals surface area contributed by atoms with Crippen molar-refractivity contribution in [1.82, 2.24) is 15.5 Å². The maximum atomic E-state index is 13.1. The van der Waals surface area contributed by atoms with E-state index in [2.05, 4.69) is 20.2 Å². The average Bonchev–Trinajstić information content (AvgIpc) is 3.12. The first-order valence-electron chi connectivity index (χ1n) is 9.48. The maximum absolute atomic E-state index is 13.1. The Morgan fingerprint density at radius 3 is 2.52 bits per heavy atom. The lowest BCUT2D eigenvalue weighted by Gasteiger charge is -2.12. The minimum atomic E-state index is -3.45. The van der Waals surface area contributed by atoms with Crippen molar-refractivity contribution in [3.63, 3.8) is 0 Å². The molecule has 0 saturated heterocycles. The summed E-state index contributed by atoms with van der Waals surface area (Å²) in [7, 11) is -3.45. The summed E-state index contributed by atoms with van der Waals surface area (Å²) in [6, 6.07) is 18.1. The summed E-state index contributed by atoms with van der Waals surface area (Å²) in [6.07, 6.45) is 1.08. The molecule has 0 radical (unpaired) electrons. The lowest BCUT2D eigenvalue weighted by Crippen LogP contribution is -2.24. The molecule has 9 heteroatoms. The second-order valence-corrected chi connectivity index (χ2v) is 8.83. The fourth-order valence-corrected chi connectivity index (χ4v) is 3.87. The van der Waals surface area contributed by atoms with Crippen LogP contribution in [0.4, 0.5) is 5.69 Å². The van der Waals surface area contributed by atoms with Gasteiger partial charge in [0.15, 0.2) is 0 Å². The molecule has 4 aromatic rings. The first kappa shape index (κ1) is 20.5. The fraction of sp³-hybridized carbons (Fsp3) is 0.136. The third kappa shape index (κ3) is 4.56. The van der Waals surface area contributed by atoms with E-state index in [1.807, 2.05) is 30.3 Å². The van der Waals surface area contributed by atoms with Gasteiger partial charge in [0.05, 0.1) is 34.3 Å². The molecule has 158 valence electrons. The second kappa shape index (κ2) is 8.19. The van der Waals surface area contributed by atoms with Crippen molar-refractivity contribution < 1.29 is 17.7 Å². The lowest BCUT2D eigenvalue weighted by atomic mass is 10.0. The molecule has 0 bridgehead atoms. The molecule has 2 aromatic heterocycles. The molecule has 2 aromatic carbocycles. The van der Waals surface area contributed by atoms with Crippen molar-refractivity contribution in [3.05, 3.63) is 77.5 Å². The van der Waals surface area contributed by atoms with E-state index in [1.165, 1.54) is 0 Å². The molecule has 0 saturated carbocycles. The molecule has 8 nitrogen and oxygen atoms in total. The van der Waals surface area contributed by atoms with E-state index in [4.69, 9.17) is 4.52 Å². The number of sulfonamides is 1. The lowest BCUT2D eigenvalue weighted by molar-refractivity contribution is 0.0952. The Hall–Kier alpha value is -3.72. The van der Waals surface area contributed by atoms with Crippen LogP contribution in [0.15, 0.2) is 65.2 Å². The van der Waals surface area contributed by atoms with E-state index in [0.29, 0.717) is 33.6 Å². The molecule has 0 aliphatic heterocycles. The zero-order valence-corrected chi connectivity index (χ0v) is 17.7. The smallest absolute Gasteiger partial charge is 0.259 e. The van der Waals surface area contributed by atoms with Crippen LogP contribution in [-0.4, -0.2) is 30.7 Å². The number of carbonyl (C=O) groups excluding carboxylic acids is 1. The normalized spacial score (nSPS) is 11.4. The number of hydrogen-bond donors (Lipinski definition) is 2. The van der Waals surface area contributed by atoms with Gasteiger partial charge in [0.25, 0.3) is 11.6 Å². The molecular weight excluding hydrogens is 416 g/mol. The summed E-state index contributed by atoms with van der Waals surface area (Å²) >= 11 is 0. The Kier molecular flexibility index (Phi) is 5.43. The molecule has 0 fully saturated rings. The molecule has 2 N–H and O–H groups in total. The molecular formula is C22H20N4O4S. The van der Waals surface area contributed by atoms with Gasteiger partial charge in [-0.2, -0.15) is 0 Å². The van der Waals surface area contributed by atoms with E-state index < -0.39 is 10.0 Å². The molecule has 0 unspecified atom stereocenters. The first-order chi connectivity index (χ1) is 14.8. The van der Waals surface area contributed by atoms with Crippen molar-refractivity contribution >= 4 is 32.7 Å². The average molecular weight is 436 g/mol. The Morgan fingerprint density at radius 1 is 1.06 bits per heavy atom. The van der Waals surface area contributed by atoms with Crippen LogP contribution in [0.1, 0.15) is 21.6 Å². The standard InChI is InChI=1S/C22H20N4O4S/c1-14-20-17(12-19(24-22(20)30-25-14)15-8-4-3-5-9-15)21(27)23-13-16-10-6-7-11-18(16)26-31(2,28)29/h3-12,26H,13H2,1-2H3,(H,23,27). The molecule has 0 spiro atoms. The highest BCUT2D eigenvalue weighted by Crippen LogP contribution is 2.27. The molecule has 0 aliphatic rings. The second-order valence-electron chi connectivity index (χ2n) is 7.08. The van der Waals surface area contributed by atoms with Crippen LogP contribution < -0.4 is 10.0 Å². The predicted octanol–water partition coefficient (Wildman–Crippen LogP) is 3.50. The quantitative estimate of drug-likeness (QED) is 0.478. The molecule has 0 aliphatic carbocycles. The van der Waals surface area contributed by atoms with Gasteiger partial charge in [-0.15, -0.1) is 0 Å². The van der Waals surface area contributed by atoms with Crippen molar-refractivity contribution in [2.75, 3.05) is 11.0 Å². The number of hydrogen-bond acceptors (Lipinski definition) is 6. The van der Waals surface area contributed by atoms with E-state index >= 15 is 0 Å². The number of anilines is 1. The number of para-hydroxylation sites is 1. The third-order valence-electron chi connectivity index (χ3n) is 4.68. The number of amides is 1. The number of rotatable bonds is 6. The van der Waals surface area contributed by atoms with Gasteiger partial charge >= 0.3 is 0 Å². The van der Waals surface area contributed by atoms with Gasteiger partial charge in [-0.25, -0.2) is 13.4 Å². The highest BCUT2D eigenvalue weighted by Gasteiger charge is 2.19. The topological polar surface area (TPSA) is 114 Å². The molecule has 4 rings (SSSR count). The van der Waals surface area contributed by atoms with E-state index in [0.717, 1.165) is 11.8 Å². The summed E-state index contributed by atoms with van der Waals surface area (Å²) in [6.45, 7) is 1.88. The SMILES string of the molecule is Cc1noc2nc(-c3ccccc3)cc(C(=O)NCc3ccccc3NS(C)(=O)=O)c12. The summed E-state index contributed by atoms with van der Waals surface area (Å²) in [4.78, 5) is 17.6. The third-order valence-corrected chi connectivity index (χ3v) is 5.27. The van der Waals surface area contributed by atoms with Crippen molar-refractivity contribution in [2.24, 2.45) is 0 Å². The van der Waals surface area contributed by atoms with Gasteiger partial charge in [-0.1, -0.05) is 53.7 Å². The van der Waals surface area contributed by atoms with Crippen LogP contribution in [0.2, 0.25) is 0 Å². The number of nitrogens with zero attached hydrogens (tertiary/aromatic N) is 2. The van der Waals surface area contributed by atoms with E-state index in [-0.39, 0.29) is 18.2 Å². The van der Waals surface area contributed by atoms with Crippen molar-refractivity contribution in [1.29, 1.82) is 0 Å². The van der Waals surface area contributed by atoms with Gasteiger partial charge in [0.1, 0.15) is 0 Å². The van der Waals surface area contributed by atoms with Crippen molar-refractivity contribution in [2.45, 2.75) is 13.5 Å². The maximum Gasteiger partial charge on any atom is 0.259 e. The molecule has 1 amide bonds. The van der Waals surface area contributed by atoms with Crippen LogP contribution in [-0.2, 0) is 16.6 Å². The largest absolute Gasteiger partial charge is 0.348 e. The Morgan fingerprint density at radius 2 is 1.77 bits per heavy atom. The van der Waals surface area contributed by atoms with Crippen LogP contribution in [0.5, 0.6) is 0 Å². The number of benzene rings is 2. The number of pyridine rings is 1. The number of carbonyl (C=O) groups is 1. The Balaban J connectivity index is 1.67. The van der Waals surface area contributed by atoms with Gasteiger partial charge in [-0.3, -0.25) is 9.52 Å². The van der Waals surface area contributed by atoms with Crippen LogP contribution in [0.25, 0.3) is 22.4 Å². The highest BCUT2D eigenvalue weighted by molar-refractivity contribution is 7.92. The minimum absolute atomic E-state index is 0.131. The van der Waals surface area contributed by atoms with Gasteiger partial charge in [0, 0.05) is 12.1 Å². The summed E-state index contributed by atoms with van der Waals surface area (Å²) in [5.41, 5.74) is 3.71. The van der Waals surface area contributed by atoms with Gasteiger partial charge < -0.3 is 9.84 Å². The van der Waals surface area contributed by atoms with E-state index in [1.54, 1.807) is 37.3 Å². The molecule has 0 atom stereocenters.